The molecule has 3 aromatic rings. The first kappa shape index (κ1) is 21.6. The summed E-state index contributed by atoms with van der Waals surface area (Å²) in [5, 5.41) is 22.9. The molecular weight excluding hydrogens is 433 g/mol. The zero-order chi connectivity index (χ0) is 22.8. The normalized spacial score (nSPS) is 17.7. The van der Waals surface area contributed by atoms with Gasteiger partial charge in [-0.25, -0.2) is 4.39 Å². The topological polar surface area (TPSA) is 87.1 Å². The van der Waals surface area contributed by atoms with Gasteiger partial charge in [0.1, 0.15) is 11.6 Å². The first-order valence-corrected chi connectivity index (χ1v) is 10.8. The fourth-order valence-electron chi connectivity index (χ4n) is 3.70. The van der Waals surface area contributed by atoms with Crippen molar-refractivity contribution in [3.8, 4) is 11.5 Å². The van der Waals surface area contributed by atoms with E-state index in [-0.39, 0.29) is 29.2 Å². The Morgan fingerprint density at radius 2 is 1.91 bits per heavy atom. The first-order chi connectivity index (χ1) is 15.4. The van der Waals surface area contributed by atoms with Crippen molar-refractivity contribution in [1.82, 2.24) is 4.90 Å². The molecule has 1 amide bonds. The molecule has 1 unspecified atom stereocenters. The van der Waals surface area contributed by atoms with Crippen LogP contribution in [0.4, 0.5) is 4.39 Å². The number of rotatable bonds is 6. The lowest BCUT2D eigenvalue weighted by atomic mass is 9.95. The van der Waals surface area contributed by atoms with Crippen molar-refractivity contribution in [2.75, 3.05) is 6.61 Å². The predicted molar refractivity (Wildman–Crippen MR) is 118 cm³/mol. The lowest BCUT2D eigenvalue weighted by Gasteiger charge is -2.25. The number of ketones is 1. The van der Waals surface area contributed by atoms with Crippen LogP contribution in [0.3, 0.4) is 0 Å². The number of halogens is 1. The molecule has 1 aromatic heterocycles. The fraction of sp³-hybridized carbons (Fsp3) is 0.167. The van der Waals surface area contributed by atoms with Crippen LogP contribution in [0.25, 0.3) is 5.76 Å². The van der Waals surface area contributed by atoms with E-state index in [1.807, 2.05) is 17.5 Å². The van der Waals surface area contributed by atoms with Crippen molar-refractivity contribution in [2.24, 2.45) is 0 Å². The highest BCUT2D eigenvalue weighted by Crippen LogP contribution is 2.42. The third-order valence-electron chi connectivity index (χ3n) is 5.16. The van der Waals surface area contributed by atoms with Crippen LogP contribution < -0.4 is 4.74 Å². The van der Waals surface area contributed by atoms with Gasteiger partial charge < -0.3 is 19.8 Å². The lowest BCUT2D eigenvalue weighted by Crippen LogP contribution is -2.28. The van der Waals surface area contributed by atoms with Gasteiger partial charge in [0.2, 0.25) is 0 Å². The maximum atomic E-state index is 13.4. The molecule has 0 spiro atoms. The van der Waals surface area contributed by atoms with Crippen molar-refractivity contribution in [2.45, 2.75) is 19.5 Å². The highest BCUT2D eigenvalue weighted by Gasteiger charge is 2.46. The minimum absolute atomic E-state index is 0.0793. The van der Waals surface area contributed by atoms with Crippen LogP contribution in [-0.4, -0.2) is 33.4 Å². The fourth-order valence-corrected chi connectivity index (χ4v) is 4.40. The van der Waals surface area contributed by atoms with Crippen LogP contribution in [0.1, 0.15) is 29.0 Å². The quantitative estimate of drug-likeness (QED) is 0.323. The number of nitrogens with zero attached hydrogens (tertiary/aromatic N) is 1. The van der Waals surface area contributed by atoms with Crippen molar-refractivity contribution in [3.63, 3.8) is 0 Å². The van der Waals surface area contributed by atoms with E-state index >= 15 is 0 Å². The SMILES string of the molecule is CCOc1cc(C2/C(=C(\O)c3ccc(F)cc3)C(=O)C(=O)N2Cc2cccs2)ccc1O. The maximum Gasteiger partial charge on any atom is 0.295 e. The number of phenolic OH excluding ortho intramolecular Hbond substituents is 1. The number of carbonyl (C=O) groups is 2. The highest BCUT2D eigenvalue weighted by molar-refractivity contribution is 7.09. The molecule has 164 valence electrons. The minimum atomic E-state index is -0.915. The number of aromatic hydroxyl groups is 1. The van der Waals surface area contributed by atoms with E-state index in [2.05, 4.69) is 0 Å². The van der Waals surface area contributed by atoms with Gasteiger partial charge in [-0.2, -0.15) is 0 Å². The van der Waals surface area contributed by atoms with Gasteiger partial charge in [0.15, 0.2) is 11.5 Å². The second-order valence-corrected chi connectivity index (χ2v) is 8.21. The number of ether oxygens (including phenoxy) is 1. The van der Waals surface area contributed by atoms with Crippen LogP contribution in [-0.2, 0) is 16.1 Å². The van der Waals surface area contributed by atoms with E-state index in [1.54, 1.807) is 19.1 Å². The molecule has 1 aliphatic rings. The summed E-state index contributed by atoms with van der Waals surface area (Å²) in [5.74, 6) is -2.35. The number of hydrogen-bond acceptors (Lipinski definition) is 6. The van der Waals surface area contributed by atoms with Crippen molar-refractivity contribution >= 4 is 28.8 Å². The number of phenols is 1. The Morgan fingerprint density at radius 3 is 2.56 bits per heavy atom. The number of carbonyl (C=O) groups excluding carboxylic acids is 2. The van der Waals surface area contributed by atoms with Crippen molar-refractivity contribution < 1.29 is 28.9 Å². The summed E-state index contributed by atoms with van der Waals surface area (Å²) in [6.45, 7) is 2.24. The van der Waals surface area contributed by atoms with E-state index in [9.17, 15) is 24.2 Å². The van der Waals surface area contributed by atoms with Crippen LogP contribution >= 0.6 is 11.3 Å². The van der Waals surface area contributed by atoms with E-state index < -0.39 is 29.3 Å². The first-order valence-electron chi connectivity index (χ1n) is 9.93. The monoisotopic (exact) mass is 453 g/mol. The number of benzene rings is 2. The summed E-state index contributed by atoms with van der Waals surface area (Å²) in [6.07, 6.45) is 0. The molecule has 1 atom stereocenters. The zero-order valence-electron chi connectivity index (χ0n) is 17.1. The van der Waals surface area contributed by atoms with E-state index in [1.165, 1.54) is 46.6 Å². The summed E-state index contributed by atoms with van der Waals surface area (Å²) in [6, 6.07) is 12.3. The molecule has 4 rings (SSSR count). The number of aliphatic hydroxyl groups excluding tert-OH is 1. The Kier molecular flexibility index (Phi) is 5.96. The number of likely N-dealkylation sites (tertiary alicyclic amines) is 1. The standard InChI is InChI=1S/C24H20FNO5S/c1-2-31-19-12-15(7-10-18(19)27)21-20(22(28)14-5-8-16(25)9-6-14)23(29)24(30)26(21)13-17-4-3-11-32-17/h3-12,21,27-28H,2,13H2,1H3/b22-20+. The Balaban J connectivity index is 1.88. The lowest BCUT2D eigenvalue weighted by molar-refractivity contribution is -0.140. The molecule has 8 heteroatoms. The number of aliphatic hydroxyl groups is 1. The van der Waals surface area contributed by atoms with Gasteiger partial charge in [0, 0.05) is 10.4 Å². The Morgan fingerprint density at radius 1 is 1.16 bits per heavy atom. The van der Waals surface area contributed by atoms with Gasteiger partial charge in [-0.05, 0) is 60.3 Å². The smallest absolute Gasteiger partial charge is 0.295 e. The van der Waals surface area contributed by atoms with Gasteiger partial charge >= 0.3 is 0 Å². The van der Waals surface area contributed by atoms with E-state index in [4.69, 9.17) is 4.74 Å². The van der Waals surface area contributed by atoms with Gasteiger partial charge in [-0.3, -0.25) is 9.59 Å². The Labute approximate surface area is 187 Å². The molecule has 2 N–H and O–H groups in total. The Hall–Kier alpha value is -3.65. The summed E-state index contributed by atoms with van der Waals surface area (Å²) in [5.41, 5.74) is 0.603. The van der Waals surface area contributed by atoms with Gasteiger partial charge in [0.05, 0.1) is 24.8 Å². The maximum absolute atomic E-state index is 13.4. The molecular formula is C24H20FNO5S. The zero-order valence-corrected chi connectivity index (χ0v) is 17.9. The van der Waals surface area contributed by atoms with Crippen LogP contribution in [0.5, 0.6) is 11.5 Å². The number of Topliss-reactive ketones (excluding diaryl/α,β-unsaturated/α-hetero) is 1. The van der Waals surface area contributed by atoms with Crippen molar-refractivity contribution in [1.29, 1.82) is 0 Å². The highest BCUT2D eigenvalue weighted by atomic mass is 32.1. The summed E-state index contributed by atoms with van der Waals surface area (Å²) < 4.78 is 18.8. The molecule has 0 bridgehead atoms. The molecule has 2 aromatic carbocycles. The Bertz CT molecular complexity index is 1190. The molecule has 2 heterocycles. The molecule has 1 saturated heterocycles. The number of amides is 1. The third kappa shape index (κ3) is 3.97. The van der Waals surface area contributed by atoms with E-state index in [0.717, 1.165) is 4.88 Å². The average Bonchev–Trinajstić information content (AvgIpc) is 3.38. The van der Waals surface area contributed by atoms with Gasteiger partial charge in [-0.15, -0.1) is 11.3 Å². The summed E-state index contributed by atoms with van der Waals surface area (Å²) in [4.78, 5) is 28.3. The van der Waals surface area contributed by atoms with Crippen LogP contribution in [0, 0.1) is 5.82 Å². The van der Waals surface area contributed by atoms with Crippen LogP contribution in [0.15, 0.2) is 65.6 Å². The molecule has 0 radical (unpaired) electrons. The second kappa shape index (κ2) is 8.84. The van der Waals surface area contributed by atoms with Crippen molar-refractivity contribution in [3.05, 3.63) is 87.4 Å². The molecule has 0 aliphatic carbocycles. The predicted octanol–water partition coefficient (Wildman–Crippen LogP) is 4.61. The number of thiophene rings is 1. The molecule has 0 saturated carbocycles. The third-order valence-corrected chi connectivity index (χ3v) is 6.02. The number of hydrogen-bond donors (Lipinski definition) is 2. The van der Waals surface area contributed by atoms with Crippen LogP contribution in [0.2, 0.25) is 0 Å². The second-order valence-electron chi connectivity index (χ2n) is 7.17. The van der Waals surface area contributed by atoms with E-state index in [0.29, 0.717) is 12.2 Å². The largest absolute Gasteiger partial charge is 0.507 e. The van der Waals surface area contributed by atoms with Gasteiger partial charge in [0.25, 0.3) is 11.7 Å². The average molecular weight is 453 g/mol. The molecule has 1 aliphatic heterocycles. The van der Waals surface area contributed by atoms with Gasteiger partial charge in [-0.1, -0.05) is 12.1 Å². The summed E-state index contributed by atoms with van der Waals surface area (Å²) >= 11 is 1.44. The summed E-state index contributed by atoms with van der Waals surface area (Å²) in [7, 11) is 0. The molecule has 6 nitrogen and oxygen atoms in total. The molecule has 32 heavy (non-hydrogen) atoms. The molecule has 1 fully saturated rings. The minimum Gasteiger partial charge on any atom is -0.507 e.